The van der Waals surface area contributed by atoms with Crippen molar-refractivity contribution in [1.82, 2.24) is 9.88 Å². The van der Waals surface area contributed by atoms with Crippen LogP contribution in [0.5, 0.6) is 0 Å². The van der Waals surface area contributed by atoms with Gasteiger partial charge in [0.25, 0.3) is 5.56 Å². The third-order valence-corrected chi connectivity index (χ3v) is 2.85. The van der Waals surface area contributed by atoms with Crippen molar-refractivity contribution in [2.45, 2.75) is 40.3 Å². The van der Waals surface area contributed by atoms with Crippen LogP contribution in [0.4, 0.5) is 0 Å². The number of carbonyl (C=O) groups excluding carboxylic acids is 1. The second-order valence-corrected chi connectivity index (χ2v) is 4.77. The van der Waals surface area contributed by atoms with Crippen LogP contribution in [0, 0.1) is 12.8 Å². The molecule has 94 valence electrons. The molecule has 0 radical (unpaired) electrons. The summed E-state index contributed by atoms with van der Waals surface area (Å²) in [6.45, 7) is 7.98. The molecule has 1 amide bonds. The van der Waals surface area contributed by atoms with E-state index in [0.717, 1.165) is 5.56 Å². The van der Waals surface area contributed by atoms with Crippen LogP contribution in [-0.2, 0) is 11.3 Å². The molecule has 17 heavy (non-hydrogen) atoms. The summed E-state index contributed by atoms with van der Waals surface area (Å²) in [6.07, 6.45) is 1.65. The Morgan fingerprint density at radius 3 is 2.59 bits per heavy atom. The molecular weight excluding hydrogens is 216 g/mol. The van der Waals surface area contributed by atoms with E-state index in [1.165, 1.54) is 10.6 Å². The van der Waals surface area contributed by atoms with Crippen LogP contribution in [0.2, 0.25) is 0 Å². The van der Waals surface area contributed by atoms with Gasteiger partial charge in [-0.1, -0.05) is 13.8 Å². The fourth-order valence-electron chi connectivity index (χ4n) is 1.36. The van der Waals surface area contributed by atoms with Crippen molar-refractivity contribution < 1.29 is 4.79 Å². The number of nitrogens with zero attached hydrogens (tertiary/aromatic N) is 1. The van der Waals surface area contributed by atoms with Gasteiger partial charge in [0.1, 0.15) is 6.54 Å². The van der Waals surface area contributed by atoms with Crippen LogP contribution in [0.15, 0.2) is 23.1 Å². The summed E-state index contributed by atoms with van der Waals surface area (Å²) in [7, 11) is 0. The highest BCUT2D eigenvalue weighted by Crippen LogP contribution is 1.99. The number of nitrogens with one attached hydrogen (secondary N) is 1. The second kappa shape index (κ2) is 5.66. The molecule has 1 rings (SSSR count). The average Bonchev–Trinajstić information content (AvgIpc) is 2.22. The van der Waals surface area contributed by atoms with E-state index in [9.17, 15) is 9.59 Å². The lowest BCUT2D eigenvalue weighted by molar-refractivity contribution is -0.122. The van der Waals surface area contributed by atoms with Gasteiger partial charge in [-0.15, -0.1) is 0 Å². The lowest BCUT2D eigenvalue weighted by Crippen LogP contribution is -2.39. The SMILES string of the molecule is Cc1ccn(CC(=O)NC(C)C(C)C)c(=O)c1. The van der Waals surface area contributed by atoms with Gasteiger partial charge < -0.3 is 9.88 Å². The first-order valence-electron chi connectivity index (χ1n) is 5.86. The van der Waals surface area contributed by atoms with E-state index in [-0.39, 0.29) is 24.1 Å². The number of aryl methyl sites for hydroxylation is 1. The Hall–Kier alpha value is -1.58. The van der Waals surface area contributed by atoms with E-state index >= 15 is 0 Å². The number of hydrogen-bond donors (Lipinski definition) is 1. The van der Waals surface area contributed by atoms with Crippen LogP contribution in [0.3, 0.4) is 0 Å². The molecule has 4 nitrogen and oxygen atoms in total. The Balaban J connectivity index is 2.66. The van der Waals surface area contributed by atoms with Crippen LogP contribution < -0.4 is 10.9 Å². The van der Waals surface area contributed by atoms with Gasteiger partial charge >= 0.3 is 0 Å². The molecule has 4 heteroatoms. The standard InChI is InChI=1S/C13H20N2O2/c1-9(2)11(4)14-12(16)8-15-6-5-10(3)7-13(15)17/h5-7,9,11H,8H2,1-4H3,(H,14,16). The number of hydrogen-bond acceptors (Lipinski definition) is 2. The predicted molar refractivity (Wildman–Crippen MR) is 67.9 cm³/mol. The van der Waals surface area contributed by atoms with Crippen LogP contribution in [-0.4, -0.2) is 16.5 Å². The monoisotopic (exact) mass is 236 g/mol. The molecule has 0 aromatic carbocycles. The molecule has 0 aliphatic carbocycles. The minimum atomic E-state index is -0.141. The molecule has 0 spiro atoms. The minimum absolute atomic E-state index is 0.0795. The number of pyridine rings is 1. The van der Waals surface area contributed by atoms with E-state index in [4.69, 9.17) is 0 Å². The summed E-state index contributed by atoms with van der Waals surface area (Å²) in [5.74, 6) is 0.255. The Morgan fingerprint density at radius 2 is 2.06 bits per heavy atom. The predicted octanol–water partition coefficient (Wildman–Crippen LogP) is 1.32. The van der Waals surface area contributed by atoms with Gasteiger partial charge in [0.05, 0.1) is 0 Å². The fourth-order valence-corrected chi connectivity index (χ4v) is 1.36. The number of carbonyl (C=O) groups is 1. The van der Waals surface area contributed by atoms with Crippen LogP contribution >= 0.6 is 0 Å². The highest BCUT2D eigenvalue weighted by Gasteiger charge is 2.11. The molecular formula is C13H20N2O2. The fraction of sp³-hybridized carbons (Fsp3) is 0.538. The van der Waals surface area contributed by atoms with Crippen LogP contribution in [0.1, 0.15) is 26.3 Å². The molecule has 0 saturated carbocycles. The molecule has 1 heterocycles. The van der Waals surface area contributed by atoms with Gasteiger partial charge in [-0.2, -0.15) is 0 Å². The summed E-state index contributed by atoms with van der Waals surface area (Å²) in [5, 5.41) is 2.87. The molecule has 1 aromatic rings. The van der Waals surface area contributed by atoms with E-state index in [1.54, 1.807) is 6.20 Å². The summed E-state index contributed by atoms with van der Waals surface area (Å²) >= 11 is 0. The molecule has 0 fully saturated rings. The van der Waals surface area contributed by atoms with Gasteiger partial charge in [-0.05, 0) is 31.4 Å². The van der Waals surface area contributed by atoms with Crippen molar-refractivity contribution in [3.05, 3.63) is 34.2 Å². The zero-order valence-electron chi connectivity index (χ0n) is 10.9. The van der Waals surface area contributed by atoms with Gasteiger partial charge in [0.15, 0.2) is 0 Å². The summed E-state index contributed by atoms with van der Waals surface area (Å²) in [4.78, 5) is 23.3. The maximum Gasteiger partial charge on any atom is 0.251 e. The van der Waals surface area contributed by atoms with E-state index in [1.807, 2.05) is 33.8 Å². The minimum Gasteiger partial charge on any atom is -0.352 e. The average molecular weight is 236 g/mol. The zero-order chi connectivity index (χ0) is 13.0. The molecule has 1 unspecified atom stereocenters. The van der Waals surface area contributed by atoms with E-state index in [2.05, 4.69) is 5.32 Å². The highest BCUT2D eigenvalue weighted by atomic mass is 16.2. The van der Waals surface area contributed by atoms with E-state index in [0.29, 0.717) is 5.92 Å². The topological polar surface area (TPSA) is 51.1 Å². The van der Waals surface area contributed by atoms with E-state index < -0.39 is 0 Å². The smallest absolute Gasteiger partial charge is 0.251 e. The number of aromatic nitrogens is 1. The highest BCUT2D eigenvalue weighted by molar-refractivity contribution is 5.76. The molecule has 1 atom stereocenters. The van der Waals surface area contributed by atoms with Gasteiger partial charge in [-0.3, -0.25) is 9.59 Å². The number of amides is 1. The largest absolute Gasteiger partial charge is 0.352 e. The molecule has 0 aliphatic rings. The van der Waals surface area contributed by atoms with Crippen LogP contribution in [0.25, 0.3) is 0 Å². The zero-order valence-corrected chi connectivity index (χ0v) is 10.9. The van der Waals surface area contributed by atoms with Crippen molar-refractivity contribution >= 4 is 5.91 Å². The Bertz CT molecular complexity index is 449. The Morgan fingerprint density at radius 1 is 1.41 bits per heavy atom. The Labute approximate surface area is 102 Å². The molecule has 0 bridgehead atoms. The van der Waals surface area contributed by atoms with Crippen molar-refractivity contribution in [3.8, 4) is 0 Å². The summed E-state index contributed by atoms with van der Waals surface area (Å²) < 4.78 is 1.41. The summed E-state index contributed by atoms with van der Waals surface area (Å²) in [5.41, 5.74) is 0.763. The quantitative estimate of drug-likeness (QED) is 0.857. The lowest BCUT2D eigenvalue weighted by atomic mass is 10.1. The van der Waals surface area contributed by atoms with Gasteiger partial charge in [0, 0.05) is 18.3 Å². The maximum atomic E-state index is 11.7. The normalized spacial score (nSPS) is 12.5. The maximum absolute atomic E-state index is 11.7. The molecule has 1 N–H and O–H groups in total. The summed E-state index contributed by atoms with van der Waals surface area (Å²) in [6, 6.07) is 3.46. The van der Waals surface area contributed by atoms with Crippen molar-refractivity contribution in [2.24, 2.45) is 5.92 Å². The van der Waals surface area contributed by atoms with Crippen molar-refractivity contribution in [1.29, 1.82) is 0 Å². The van der Waals surface area contributed by atoms with Gasteiger partial charge in [-0.25, -0.2) is 0 Å². The molecule has 0 saturated heterocycles. The first-order valence-corrected chi connectivity index (χ1v) is 5.86. The second-order valence-electron chi connectivity index (χ2n) is 4.77. The third kappa shape index (κ3) is 4.06. The molecule has 1 aromatic heterocycles. The number of rotatable bonds is 4. The van der Waals surface area contributed by atoms with Gasteiger partial charge in [0.2, 0.25) is 5.91 Å². The third-order valence-electron chi connectivity index (χ3n) is 2.85. The van der Waals surface area contributed by atoms with Crippen molar-refractivity contribution in [3.63, 3.8) is 0 Å². The molecule has 0 aliphatic heterocycles. The first kappa shape index (κ1) is 13.5. The van der Waals surface area contributed by atoms with Crippen molar-refractivity contribution in [2.75, 3.05) is 0 Å². The Kier molecular flexibility index (Phi) is 4.49. The first-order chi connectivity index (χ1) is 7.90. The lowest BCUT2D eigenvalue weighted by Gasteiger charge is -2.17.